The van der Waals surface area contributed by atoms with E-state index in [2.05, 4.69) is 11.2 Å². The summed E-state index contributed by atoms with van der Waals surface area (Å²) in [5, 5.41) is 0. The van der Waals surface area contributed by atoms with E-state index in [1.807, 2.05) is 0 Å². The van der Waals surface area contributed by atoms with Crippen molar-refractivity contribution >= 4 is 41.6 Å². The van der Waals surface area contributed by atoms with Crippen molar-refractivity contribution in [1.29, 1.82) is 0 Å². The zero-order valence-corrected chi connectivity index (χ0v) is 10.9. The Morgan fingerprint density at radius 3 is 1.31 bits per heavy atom. The molecule has 96 valence electrons. The molecule has 4 nitrogen and oxygen atoms in total. The van der Waals surface area contributed by atoms with Gasteiger partial charge in [0.1, 0.15) is 0 Å². The highest BCUT2D eigenvalue weighted by Crippen LogP contribution is 2.83. The predicted molar refractivity (Wildman–Crippen MR) is 51.0 cm³/mol. The average Bonchev–Trinajstić information content (AvgIpc) is 1.67. The van der Waals surface area contributed by atoms with Crippen LogP contribution in [-0.2, 0) is 0 Å². The van der Waals surface area contributed by atoms with Gasteiger partial charge in [0.15, 0.2) is 0 Å². The molecule has 0 bridgehead atoms. The molecule has 0 aromatic rings. The molecule has 1 atom stereocenters. The standard InChI is InChI=1S/ClF7N4P4/c1-13(2)9-14(3,4)11-16(7,8)12-15(5,6)10-13. The number of nitrogens with zero attached hydrogens (tertiary/aromatic N) is 4. The zero-order valence-electron chi connectivity index (χ0n) is 6.60. The SMILES string of the molecule is FP1(F)=NP(F)(F)=NP(F)(Cl)=NP(F)(F)=N1. The topological polar surface area (TPSA) is 49.4 Å². The van der Waals surface area contributed by atoms with Crippen LogP contribution in [0.25, 0.3) is 0 Å². The van der Waals surface area contributed by atoms with E-state index in [1.165, 1.54) is 9.03 Å². The fourth-order valence-electron chi connectivity index (χ4n) is 0.589. The van der Waals surface area contributed by atoms with Crippen LogP contribution in [0.1, 0.15) is 0 Å². The molecule has 16 heteroatoms. The maximum atomic E-state index is 12.8. The van der Waals surface area contributed by atoms with Crippen LogP contribution >= 0.6 is 41.6 Å². The molecule has 1 unspecified atom stereocenters. The van der Waals surface area contributed by atoms with Crippen molar-refractivity contribution in [2.24, 2.45) is 18.1 Å². The number of hydrogen-bond acceptors (Lipinski definition) is 4. The van der Waals surface area contributed by atoms with E-state index < -0.39 is 30.3 Å². The molecule has 0 saturated carbocycles. The van der Waals surface area contributed by atoms with Gasteiger partial charge >= 0.3 is 30.3 Å². The van der Waals surface area contributed by atoms with Crippen molar-refractivity contribution in [2.75, 3.05) is 0 Å². The van der Waals surface area contributed by atoms with E-state index >= 15 is 0 Å². The molecule has 16 heavy (non-hydrogen) atoms. The smallest absolute Gasteiger partial charge is 0.165 e. The van der Waals surface area contributed by atoms with Gasteiger partial charge in [-0.25, -0.2) is 0 Å². The molecule has 0 radical (unpaired) electrons. The van der Waals surface area contributed by atoms with Gasteiger partial charge in [0.05, 0.1) is 0 Å². The summed E-state index contributed by atoms with van der Waals surface area (Å²) in [7, 11) is -18.5. The monoisotopic (exact) mass is 348 g/mol. The van der Waals surface area contributed by atoms with Crippen molar-refractivity contribution in [3.63, 3.8) is 0 Å². The normalized spacial score (nSPS) is 35.5. The van der Waals surface area contributed by atoms with Gasteiger partial charge in [0, 0.05) is 0 Å². The molecule has 0 N–H and O–H groups in total. The Morgan fingerprint density at radius 1 is 0.562 bits per heavy atom. The fraction of sp³-hybridized carbons (Fsp3) is 0. The van der Waals surface area contributed by atoms with Crippen molar-refractivity contribution < 1.29 is 29.4 Å². The molecule has 0 aromatic carbocycles. The van der Waals surface area contributed by atoms with Crippen LogP contribution in [-0.4, -0.2) is 0 Å². The first-order chi connectivity index (χ1) is 6.83. The van der Waals surface area contributed by atoms with Crippen molar-refractivity contribution in [2.45, 2.75) is 0 Å². The molecule has 1 aliphatic heterocycles. The lowest BCUT2D eigenvalue weighted by molar-refractivity contribution is 0.691. The van der Waals surface area contributed by atoms with Crippen LogP contribution in [0.3, 0.4) is 0 Å². The first-order valence-corrected chi connectivity index (χ1v) is 9.87. The average molecular weight is 348 g/mol. The molecule has 0 fully saturated rings. The quantitative estimate of drug-likeness (QED) is 0.316. The van der Waals surface area contributed by atoms with Crippen LogP contribution in [0.4, 0.5) is 29.4 Å². The zero-order chi connectivity index (χ0) is 12.8. The second kappa shape index (κ2) is 4.13. The summed E-state index contributed by atoms with van der Waals surface area (Å²) in [5.41, 5.74) is 0. The van der Waals surface area contributed by atoms with E-state index in [4.69, 9.17) is 0 Å². The van der Waals surface area contributed by atoms with Crippen LogP contribution in [0, 0.1) is 0 Å². The summed E-state index contributed by atoms with van der Waals surface area (Å²) in [6, 6.07) is 0. The summed E-state index contributed by atoms with van der Waals surface area (Å²) in [4.78, 5) is 0. The Kier molecular flexibility index (Phi) is 3.81. The van der Waals surface area contributed by atoms with Gasteiger partial charge in [-0.2, -0.15) is 4.20 Å². The molecular weight excluding hydrogens is 348 g/mol. The Bertz CT molecular complexity index is 390. The van der Waals surface area contributed by atoms with Gasteiger partial charge in [-0.1, -0.05) is 0 Å². The van der Waals surface area contributed by atoms with E-state index in [1.54, 1.807) is 9.03 Å². The first-order valence-electron chi connectivity index (χ1n) is 2.95. The third-order valence-corrected chi connectivity index (χ3v) is 8.97. The second-order valence-electron chi connectivity index (χ2n) is 2.18. The Morgan fingerprint density at radius 2 is 0.875 bits per heavy atom. The number of hydrogen-bond donors (Lipinski definition) is 0. The Hall–Kier alpha value is 0.720. The molecule has 1 rings (SSSR count). The minimum absolute atomic E-state index is 1.50. The van der Waals surface area contributed by atoms with Gasteiger partial charge in [-0.15, -0.1) is 43.2 Å². The summed E-state index contributed by atoms with van der Waals surface area (Å²) < 4.78 is 94.6. The summed E-state index contributed by atoms with van der Waals surface area (Å²) in [6.45, 7) is -5.39. The Balaban J connectivity index is 3.67. The highest BCUT2D eigenvalue weighted by Gasteiger charge is 2.38. The van der Waals surface area contributed by atoms with Crippen LogP contribution in [0.5, 0.6) is 0 Å². The minimum Gasteiger partial charge on any atom is -0.165 e. The largest absolute Gasteiger partial charge is 0.425 e. The predicted octanol–water partition coefficient (Wildman–Crippen LogP) is 7.81. The van der Waals surface area contributed by atoms with Gasteiger partial charge < -0.3 is 0 Å². The van der Waals surface area contributed by atoms with Crippen molar-refractivity contribution in [3.05, 3.63) is 0 Å². The van der Waals surface area contributed by atoms with E-state index in [0.717, 1.165) is 0 Å². The highest BCUT2D eigenvalue weighted by molar-refractivity contribution is 7.92. The molecule has 1 heterocycles. The molecule has 0 aromatic heterocycles. The number of rotatable bonds is 0. The van der Waals surface area contributed by atoms with Crippen LogP contribution in [0.15, 0.2) is 18.1 Å². The lowest BCUT2D eigenvalue weighted by Crippen LogP contribution is -1.66. The summed E-state index contributed by atoms with van der Waals surface area (Å²) in [5.74, 6) is 0. The van der Waals surface area contributed by atoms with E-state index in [9.17, 15) is 29.4 Å². The summed E-state index contributed by atoms with van der Waals surface area (Å²) in [6.07, 6.45) is 0. The van der Waals surface area contributed by atoms with E-state index in [-0.39, 0.29) is 0 Å². The summed E-state index contributed by atoms with van der Waals surface area (Å²) >= 11 is 4.57. The van der Waals surface area contributed by atoms with Crippen molar-refractivity contribution in [1.82, 2.24) is 0 Å². The molecule has 1 aliphatic rings. The lowest BCUT2D eigenvalue weighted by Gasteiger charge is -2.10. The molecule has 0 saturated heterocycles. The second-order valence-corrected chi connectivity index (χ2v) is 9.98. The minimum atomic E-state index is -6.25. The van der Waals surface area contributed by atoms with Gasteiger partial charge in [-0.05, 0) is 11.2 Å². The van der Waals surface area contributed by atoms with Crippen LogP contribution in [0.2, 0.25) is 0 Å². The lowest BCUT2D eigenvalue weighted by atomic mass is 13.8. The Labute approximate surface area is 89.7 Å². The van der Waals surface area contributed by atoms with E-state index in [0.29, 0.717) is 0 Å². The first kappa shape index (κ1) is 14.8. The highest BCUT2D eigenvalue weighted by atomic mass is 35.7. The maximum Gasteiger partial charge on any atom is 0.425 e. The third kappa shape index (κ3) is 4.53. The number of halogens is 8. The van der Waals surface area contributed by atoms with Gasteiger partial charge in [0.25, 0.3) is 0 Å². The molecular formula is ClF7N4P4. The van der Waals surface area contributed by atoms with Gasteiger partial charge in [-0.3, -0.25) is 0 Å². The third-order valence-electron chi connectivity index (χ3n) is 0.861. The maximum absolute atomic E-state index is 12.8. The fourth-order valence-corrected chi connectivity index (χ4v) is 8.06. The molecule has 0 aliphatic carbocycles. The molecule has 0 amide bonds. The van der Waals surface area contributed by atoms with Crippen molar-refractivity contribution in [3.8, 4) is 0 Å². The van der Waals surface area contributed by atoms with Gasteiger partial charge in [0.2, 0.25) is 0 Å². The van der Waals surface area contributed by atoms with Crippen LogP contribution < -0.4 is 0 Å². The molecule has 0 spiro atoms.